The summed E-state index contributed by atoms with van der Waals surface area (Å²) in [7, 11) is 1.30. The van der Waals surface area contributed by atoms with Crippen LogP contribution in [0.3, 0.4) is 0 Å². The zero-order chi connectivity index (χ0) is 16.1. The molecule has 0 fully saturated rings. The van der Waals surface area contributed by atoms with Gasteiger partial charge in [-0.05, 0) is 23.8 Å². The second-order valence-electron chi connectivity index (χ2n) is 5.23. The van der Waals surface area contributed by atoms with Gasteiger partial charge in [0.25, 0.3) is 5.91 Å². The predicted molar refractivity (Wildman–Crippen MR) is 82.5 cm³/mol. The van der Waals surface area contributed by atoms with Crippen LogP contribution in [0.25, 0.3) is 10.6 Å². The van der Waals surface area contributed by atoms with Crippen molar-refractivity contribution in [3.63, 3.8) is 0 Å². The van der Waals surface area contributed by atoms with E-state index >= 15 is 0 Å². The van der Waals surface area contributed by atoms with Crippen LogP contribution in [0, 0.1) is 5.92 Å². The summed E-state index contributed by atoms with van der Waals surface area (Å²) in [5.41, 5.74) is 0.140. The number of rotatable bonds is 6. The van der Waals surface area contributed by atoms with E-state index in [0.717, 1.165) is 4.88 Å². The monoisotopic (exact) mass is 322 g/mol. The van der Waals surface area contributed by atoms with E-state index in [1.807, 2.05) is 31.4 Å². The van der Waals surface area contributed by atoms with E-state index in [4.69, 9.17) is 9.26 Å². The van der Waals surface area contributed by atoms with Gasteiger partial charge in [-0.1, -0.05) is 25.1 Å². The Hall–Kier alpha value is -2.15. The van der Waals surface area contributed by atoms with Crippen LogP contribution in [-0.2, 0) is 9.53 Å². The number of aromatic nitrogens is 1. The predicted octanol–water partition coefficient (Wildman–Crippen LogP) is 2.72. The van der Waals surface area contributed by atoms with E-state index in [1.165, 1.54) is 18.4 Å². The minimum atomic E-state index is -0.695. The highest BCUT2D eigenvalue weighted by molar-refractivity contribution is 7.13. The first-order chi connectivity index (χ1) is 10.5. The van der Waals surface area contributed by atoms with Gasteiger partial charge in [-0.15, -0.1) is 11.3 Å². The molecule has 2 aromatic heterocycles. The van der Waals surface area contributed by atoms with Gasteiger partial charge in [0.15, 0.2) is 11.5 Å². The highest BCUT2D eigenvalue weighted by Crippen LogP contribution is 2.25. The number of thiophene rings is 1. The van der Waals surface area contributed by atoms with Crippen LogP contribution in [0.1, 0.15) is 30.8 Å². The molecule has 2 aromatic rings. The van der Waals surface area contributed by atoms with Gasteiger partial charge in [-0.3, -0.25) is 4.79 Å². The van der Waals surface area contributed by atoms with Crippen molar-refractivity contribution < 1.29 is 18.8 Å². The van der Waals surface area contributed by atoms with Crippen LogP contribution in [0.5, 0.6) is 0 Å². The fourth-order valence-electron chi connectivity index (χ4n) is 1.98. The van der Waals surface area contributed by atoms with Crippen LogP contribution in [0.4, 0.5) is 0 Å². The number of esters is 1. The molecule has 1 atom stereocenters. The molecule has 6 nitrogen and oxygen atoms in total. The summed E-state index contributed by atoms with van der Waals surface area (Å²) in [6, 6.07) is 4.63. The number of nitrogens with zero attached hydrogens (tertiary/aromatic N) is 1. The zero-order valence-electron chi connectivity index (χ0n) is 12.7. The van der Waals surface area contributed by atoms with Crippen molar-refractivity contribution in [1.82, 2.24) is 10.5 Å². The maximum atomic E-state index is 12.2. The van der Waals surface area contributed by atoms with Crippen LogP contribution >= 0.6 is 11.3 Å². The quantitative estimate of drug-likeness (QED) is 0.827. The fraction of sp³-hybridized carbons (Fsp3) is 0.400. The van der Waals surface area contributed by atoms with Crippen molar-refractivity contribution >= 4 is 23.2 Å². The molecule has 0 spiro atoms. The molecule has 2 heterocycles. The molecule has 1 N–H and O–H groups in total. The molecule has 7 heteroatoms. The number of amides is 1. The van der Waals surface area contributed by atoms with Crippen LogP contribution in [0.15, 0.2) is 28.1 Å². The van der Waals surface area contributed by atoms with Gasteiger partial charge in [0.2, 0.25) is 0 Å². The molecule has 1 amide bonds. The van der Waals surface area contributed by atoms with Crippen molar-refractivity contribution in [3.05, 3.63) is 29.3 Å². The molecule has 0 aliphatic rings. The Balaban J connectivity index is 2.08. The summed E-state index contributed by atoms with van der Waals surface area (Å²) in [6.45, 7) is 3.93. The SMILES string of the molecule is COC(=O)C(CC(C)C)NC(=O)c1cc(-c2cccs2)on1. The van der Waals surface area contributed by atoms with Crippen LogP contribution in [0.2, 0.25) is 0 Å². The van der Waals surface area contributed by atoms with Gasteiger partial charge < -0.3 is 14.6 Å². The minimum absolute atomic E-state index is 0.140. The zero-order valence-corrected chi connectivity index (χ0v) is 13.5. The molecule has 0 saturated heterocycles. The van der Waals surface area contributed by atoms with Gasteiger partial charge >= 0.3 is 5.97 Å². The number of ether oxygens (including phenoxy) is 1. The number of carbonyl (C=O) groups excluding carboxylic acids is 2. The second-order valence-corrected chi connectivity index (χ2v) is 6.18. The average molecular weight is 322 g/mol. The fourth-order valence-corrected chi connectivity index (χ4v) is 2.65. The molecule has 22 heavy (non-hydrogen) atoms. The molecular weight excluding hydrogens is 304 g/mol. The molecule has 118 valence electrons. The van der Waals surface area contributed by atoms with E-state index in [0.29, 0.717) is 12.2 Å². The smallest absolute Gasteiger partial charge is 0.328 e. The minimum Gasteiger partial charge on any atom is -0.467 e. The van der Waals surface area contributed by atoms with Crippen molar-refractivity contribution in [2.45, 2.75) is 26.3 Å². The molecule has 0 aliphatic heterocycles. The molecule has 0 radical (unpaired) electrons. The largest absolute Gasteiger partial charge is 0.467 e. The maximum absolute atomic E-state index is 12.2. The third kappa shape index (κ3) is 3.94. The normalized spacial score (nSPS) is 12.2. The van der Waals surface area contributed by atoms with Crippen molar-refractivity contribution in [3.8, 4) is 10.6 Å². The topological polar surface area (TPSA) is 81.4 Å². The van der Waals surface area contributed by atoms with Gasteiger partial charge in [-0.25, -0.2) is 4.79 Å². The molecule has 0 bridgehead atoms. The first-order valence-corrected chi connectivity index (χ1v) is 7.78. The maximum Gasteiger partial charge on any atom is 0.328 e. The lowest BCUT2D eigenvalue weighted by molar-refractivity contribution is -0.143. The summed E-state index contributed by atoms with van der Waals surface area (Å²) in [5.74, 6) is -0.159. The molecule has 1 unspecified atom stereocenters. The van der Waals surface area contributed by atoms with Gasteiger partial charge in [0.1, 0.15) is 6.04 Å². The van der Waals surface area contributed by atoms with Crippen molar-refractivity contribution in [1.29, 1.82) is 0 Å². The first kappa shape index (κ1) is 16.2. The second kappa shape index (κ2) is 7.22. The Kier molecular flexibility index (Phi) is 5.32. The third-order valence-corrected chi connectivity index (χ3v) is 3.89. The summed E-state index contributed by atoms with van der Waals surface area (Å²) in [4.78, 5) is 24.8. The molecule has 2 rings (SSSR count). The molecule has 0 saturated carbocycles. The molecular formula is C15H18N2O4S. The highest BCUT2D eigenvalue weighted by Gasteiger charge is 2.24. The Morgan fingerprint density at radius 2 is 2.23 bits per heavy atom. The lowest BCUT2D eigenvalue weighted by atomic mass is 10.0. The van der Waals surface area contributed by atoms with E-state index in [-0.39, 0.29) is 11.6 Å². The summed E-state index contributed by atoms with van der Waals surface area (Å²) in [6.07, 6.45) is 0.494. The summed E-state index contributed by atoms with van der Waals surface area (Å²) in [5, 5.41) is 8.31. The average Bonchev–Trinajstić information content (AvgIpc) is 3.15. The Bertz CT molecular complexity index is 634. The highest BCUT2D eigenvalue weighted by atomic mass is 32.1. The van der Waals surface area contributed by atoms with Gasteiger partial charge in [-0.2, -0.15) is 0 Å². The molecule has 0 aromatic carbocycles. The van der Waals surface area contributed by atoms with E-state index in [2.05, 4.69) is 10.5 Å². The Labute approximate surface area is 132 Å². The first-order valence-electron chi connectivity index (χ1n) is 6.90. The lowest BCUT2D eigenvalue weighted by Gasteiger charge is -2.17. The third-order valence-electron chi connectivity index (χ3n) is 3.00. The summed E-state index contributed by atoms with van der Waals surface area (Å²) >= 11 is 1.49. The molecule has 0 aliphatic carbocycles. The Morgan fingerprint density at radius 3 is 2.82 bits per heavy atom. The number of carbonyl (C=O) groups is 2. The number of nitrogens with one attached hydrogen (secondary N) is 1. The van der Waals surface area contributed by atoms with Gasteiger partial charge in [0, 0.05) is 6.07 Å². The number of hydrogen-bond acceptors (Lipinski definition) is 6. The van der Waals surface area contributed by atoms with E-state index < -0.39 is 17.9 Å². The van der Waals surface area contributed by atoms with Crippen molar-refractivity contribution in [2.75, 3.05) is 7.11 Å². The van der Waals surface area contributed by atoms with Gasteiger partial charge in [0.05, 0.1) is 12.0 Å². The standard InChI is InChI=1S/C15H18N2O4S/c1-9(2)7-11(15(19)20-3)16-14(18)10-8-12(21-17-10)13-5-4-6-22-13/h4-6,8-9,11H,7H2,1-3H3,(H,16,18). The summed E-state index contributed by atoms with van der Waals surface area (Å²) < 4.78 is 9.88. The van der Waals surface area contributed by atoms with E-state index in [1.54, 1.807) is 6.07 Å². The van der Waals surface area contributed by atoms with Crippen LogP contribution < -0.4 is 5.32 Å². The Morgan fingerprint density at radius 1 is 1.45 bits per heavy atom. The van der Waals surface area contributed by atoms with E-state index in [9.17, 15) is 9.59 Å². The van der Waals surface area contributed by atoms with Crippen LogP contribution in [-0.4, -0.2) is 30.2 Å². The lowest BCUT2D eigenvalue weighted by Crippen LogP contribution is -2.42. The van der Waals surface area contributed by atoms with Crippen molar-refractivity contribution in [2.24, 2.45) is 5.92 Å². The number of hydrogen-bond donors (Lipinski definition) is 1. The number of methoxy groups -OCH3 is 1.